The van der Waals surface area contributed by atoms with E-state index in [1.807, 2.05) is 0 Å². The Hall–Kier alpha value is -2.24. The van der Waals surface area contributed by atoms with Gasteiger partial charge in [-0.25, -0.2) is 9.18 Å². The predicted octanol–water partition coefficient (Wildman–Crippen LogP) is 2.08. The molecule has 90 valence electrons. The van der Waals surface area contributed by atoms with Crippen molar-refractivity contribution in [3.63, 3.8) is 0 Å². The number of benzene rings is 1. The van der Waals surface area contributed by atoms with Crippen LogP contribution < -0.4 is 10.1 Å². The Morgan fingerprint density at radius 3 is 2.94 bits per heavy atom. The molecule has 6 heteroatoms. The van der Waals surface area contributed by atoms with E-state index >= 15 is 0 Å². The number of carboxylic acid groups (broad SMARTS) is 1. The van der Waals surface area contributed by atoms with Gasteiger partial charge in [0, 0.05) is 22.7 Å². The molecular formula is C11H11FN2O3. The molecule has 0 aliphatic rings. The van der Waals surface area contributed by atoms with Gasteiger partial charge in [-0.1, -0.05) is 0 Å². The lowest BCUT2D eigenvalue weighted by atomic mass is 10.2. The van der Waals surface area contributed by atoms with E-state index in [9.17, 15) is 9.18 Å². The van der Waals surface area contributed by atoms with Gasteiger partial charge < -0.3 is 20.1 Å². The molecule has 0 aliphatic heterocycles. The van der Waals surface area contributed by atoms with Gasteiger partial charge in [-0.3, -0.25) is 0 Å². The summed E-state index contributed by atoms with van der Waals surface area (Å²) in [6.07, 6.45) is -1.10. The number of amides is 1. The number of aromatic amines is 1. The van der Waals surface area contributed by atoms with Crippen LogP contribution in [0.4, 0.5) is 9.18 Å². The molecule has 0 unspecified atom stereocenters. The molecule has 0 radical (unpaired) electrons. The van der Waals surface area contributed by atoms with Crippen molar-refractivity contribution in [2.24, 2.45) is 0 Å². The minimum Gasteiger partial charge on any atom is -0.494 e. The van der Waals surface area contributed by atoms with Gasteiger partial charge in [-0.05, 0) is 12.1 Å². The fourth-order valence-electron chi connectivity index (χ4n) is 1.62. The fraction of sp³-hybridized carbons (Fsp3) is 0.182. The third-order valence-electron chi connectivity index (χ3n) is 2.38. The van der Waals surface area contributed by atoms with E-state index in [0.717, 1.165) is 0 Å². The minimum atomic E-state index is -1.10. The van der Waals surface area contributed by atoms with E-state index in [1.165, 1.54) is 19.2 Å². The normalized spacial score (nSPS) is 10.5. The van der Waals surface area contributed by atoms with E-state index < -0.39 is 11.9 Å². The lowest BCUT2D eigenvalue weighted by molar-refractivity contribution is 0.194. The monoisotopic (exact) mass is 238 g/mol. The van der Waals surface area contributed by atoms with Crippen molar-refractivity contribution in [2.75, 3.05) is 7.11 Å². The lowest BCUT2D eigenvalue weighted by Gasteiger charge is -2.00. The van der Waals surface area contributed by atoms with Crippen molar-refractivity contribution in [3.8, 4) is 5.75 Å². The number of rotatable bonds is 3. The molecule has 0 fully saturated rings. The fourth-order valence-corrected chi connectivity index (χ4v) is 1.62. The summed E-state index contributed by atoms with van der Waals surface area (Å²) in [4.78, 5) is 13.3. The first kappa shape index (κ1) is 11.3. The Morgan fingerprint density at radius 1 is 1.53 bits per heavy atom. The second-order valence-electron chi connectivity index (χ2n) is 3.53. The van der Waals surface area contributed by atoms with Crippen LogP contribution >= 0.6 is 0 Å². The van der Waals surface area contributed by atoms with Gasteiger partial charge in [0.05, 0.1) is 13.7 Å². The van der Waals surface area contributed by atoms with E-state index in [2.05, 4.69) is 10.3 Å². The van der Waals surface area contributed by atoms with Crippen LogP contribution in [-0.4, -0.2) is 23.3 Å². The van der Waals surface area contributed by atoms with Crippen molar-refractivity contribution >= 4 is 17.0 Å². The Kier molecular flexibility index (Phi) is 2.86. The van der Waals surface area contributed by atoms with Crippen LogP contribution in [0.2, 0.25) is 0 Å². The quantitative estimate of drug-likeness (QED) is 0.766. The molecule has 0 atom stereocenters. The van der Waals surface area contributed by atoms with Crippen molar-refractivity contribution in [1.29, 1.82) is 0 Å². The number of fused-ring (bicyclic) bond motifs is 1. The molecule has 2 aromatic rings. The van der Waals surface area contributed by atoms with Crippen molar-refractivity contribution < 1.29 is 19.0 Å². The zero-order chi connectivity index (χ0) is 12.4. The number of nitrogens with one attached hydrogen (secondary N) is 2. The number of hydrogen-bond donors (Lipinski definition) is 3. The van der Waals surface area contributed by atoms with Gasteiger partial charge in [0.15, 0.2) is 11.6 Å². The van der Waals surface area contributed by atoms with Crippen LogP contribution in [0.5, 0.6) is 5.75 Å². The molecule has 3 N–H and O–H groups in total. The van der Waals surface area contributed by atoms with Gasteiger partial charge >= 0.3 is 6.09 Å². The standard InChI is InChI=1S/C11H11FN2O3/c1-17-10-4-9-6(3-8(10)12)2-7(14-9)5-13-11(15)16/h2-4,13-14H,5H2,1H3,(H,15,16). The molecule has 5 nitrogen and oxygen atoms in total. The zero-order valence-corrected chi connectivity index (χ0v) is 9.08. The highest BCUT2D eigenvalue weighted by molar-refractivity contribution is 5.82. The van der Waals surface area contributed by atoms with Gasteiger partial charge in [0.25, 0.3) is 0 Å². The molecule has 0 bridgehead atoms. The Morgan fingerprint density at radius 2 is 2.29 bits per heavy atom. The first-order chi connectivity index (χ1) is 8.10. The Balaban J connectivity index is 2.33. The SMILES string of the molecule is COc1cc2[nH]c(CNC(=O)O)cc2cc1F. The van der Waals surface area contributed by atoms with Crippen LogP contribution in [0, 0.1) is 5.82 Å². The summed E-state index contributed by atoms with van der Waals surface area (Å²) in [6, 6.07) is 4.57. The van der Waals surface area contributed by atoms with Crippen LogP contribution in [0.25, 0.3) is 10.9 Å². The molecule has 17 heavy (non-hydrogen) atoms. The molecule has 0 saturated carbocycles. The molecule has 2 rings (SSSR count). The number of H-pyrrole nitrogens is 1. The molecular weight excluding hydrogens is 227 g/mol. The average molecular weight is 238 g/mol. The van der Waals surface area contributed by atoms with E-state index in [-0.39, 0.29) is 12.3 Å². The first-order valence-corrected chi connectivity index (χ1v) is 4.92. The highest BCUT2D eigenvalue weighted by atomic mass is 19.1. The summed E-state index contributed by atoms with van der Waals surface area (Å²) in [5.41, 5.74) is 1.36. The second kappa shape index (κ2) is 4.32. The van der Waals surface area contributed by atoms with E-state index in [4.69, 9.17) is 9.84 Å². The Labute approximate surface area is 96.2 Å². The van der Waals surface area contributed by atoms with Crippen LogP contribution in [-0.2, 0) is 6.54 Å². The number of carbonyl (C=O) groups is 1. The van der Waals surface area contributed by atoms with Crippen molar-refractivity contribution in [1.82, 2.24) is 10.3 Å². The smallest absolute Gasteiger partial charge is 0.404 e. The Bertz CT molecular complexity index is 565. The summed E-state index contributed by atoms with van der Waals surface area (Å²) in [6.45, 7) is 0.147. The number of ether oxygens (including phenoxy) is 1. The average Bonchev–Trinajstić information content (AvgIpc) is 2.67. The predicted molar refractivity (Wildman–Crippen MR) is 59.7 cm³/mol. The highest BCUT2D eigenvalue weighted by Gasteiger charge is 2.08. The second-order valence-corrected chi connectivity index (χ2v) is 3.53. The summed E-state index contributed by atoms with van der Waals surface area (Å²) in [5, 5.41) is 11.4. The topological polar surface area (TPSA) is 74.3 Å². The summed E-state index contributed by atoms with van der Waals surface area (Å²) < 4.78 is 18.3. The van der Waals surface area contributed by atoms with E-state index in [0.29, 0.717) is 16.6 Å². The van der Waals surface area contributed by atoms with E-state index in [1.54, 1.807) is 6.07 Å². The molecule has 0 aliphatic carbocycles. The van der Waals surface area contributed by atoms with Gasteiger partial charge in [-0.15, -0.1) is 0 Å². The molecule has 1 amide bonds. The third kappa shape index (κ3) is 2.30. The number of hydrogen-bond acceptors (Lipinski definition) is 2. The first-order valence-electron chi connectivity index (χ1n) is 4.92. The molecule has 1 heterocycles. The van der Waals surface area contributed by atoms with Crippen LogP contribution in [0.1, 0.15) is 5.69 Å². The van der Waals surface area contributed by atoms with Crippen molar-refractivity contribution in [2.45, 2.75) is 6.54 Å². The number of methoxy groups -OCH3 is 1. The third-order valence-corrected chi connectivity index (χ3v) is 2.38. The van der Waals surface area contributed by atoms with Crippen LogP contribution in [0.3, 0.4) is 0 Å². The lowest BCUT2D eigenvalue weighted by Crippen LogP contribution is -2.19. The summed E-state index contributed by atoms with van der Waals surface area (Å²) >= 11 is 0. The molecule has 0 spiro atoms. The number of halogens is 1. The maximum absolute atomic E-state index is 13.4. The zero-order valence-electron chi connectivity index (χ0n) is 9.08. The van der Waals surface area contributed by atoms with Crippen LogP contribution in [0.15, 0.2) is 18.2 Å². The largest absolute Gasteiger partial charge is 0.494 e. The van der Waals surface area contributed by atoms with Crippen molar-refractivity contribution in [3.05, 3.63) is 29.7 Å². The van der Waals surface area contributed by atoms with Gasteiger partial charge in [0.2, 0.25) is 0 Å². The maximum atomic E-state index is 13.4. The molecule has 1 aromatic carbocycles. The number of aromatic nitrogens is 1. The minimum absolute atomic E-state index is 0.147. The van der Waals surface area contributed by atoms with Gasteiger partial charge in [-0.2, -0.15) is 0 Å². The van der Waals surface area contributed by atoms with Gasteiger partial charge in [0.1, 0.15) is 0 Å². The summed E-state index contributed by atoms with van der Waals surface area (Å²) in [7, 11) is 1.39. The molecule has 1 aromatic heterocycles. The summed E-state index contributed by atoms with van der Waals surface area (Å²) in [5.74, 6) is -0.297. The molecule has 0 saturated heterocycles. The maximum Gasteiger partial charge on any atom is 0.404 e. The highest BCUT2D eigenvalue weighted by Crippen LogP contribution is 2.24.